The van der Waals surface area contributed by atoms with Crippen LogP contribution in [0.15, 0.2) is 48.5 Å². The van der Waals surface area contributed by atoms with E-state index in [-0.39, 0.29) is 12.1 Å². The van der Waals surface area contributed by atoms with E-state index in [0.717, 1.165) is 22.6 Å². The molecule has 22 heavy (non-hydrogen) atoms. The molecule has 0 saturated carbocycles. The van der Waals surface area contributed by atoms with E-state index < -0.39 is 0 Å². The van der Waals surface area contributed by atoms with Crippen LogP contribution in [0.4, 0.5) is 0 Å². The molecule has 4 heteroatoms. The van der Waals surface area contributed by atoms with Crippen molar-refractivity contribution in [3.8, 4) is 11.5 Å². The molecule has 2 N–H and O–H groups in total. The Morgan fingerprint density at radius 3 is 1.36 bits per heavy atom. The molecule has 2 unspecified atom stereocenters. The second-order valence-corrected chi connectivity index (χ2v) is 5.02. The van der Waals surface area contributed by atoms with Crippen molar-refractivity contribution in [2.75, 3.05) is 28.3 Å². The van der Waals surface area contributed by atoms with Crippen LogP contribution in [0.25, 0.3) is 0 Å². The minimum absolute atomic E-state index is 0.0532. The lowest BCUT2D eigenvalue weighted by molar-refractivity contribution is 0.364. The highest BCUT2D eigenvalue weighted by Crippen LogP contribution is 2.37. The summed E-state index contributed by atoms with van der Waals surface area (Å²) in [6, 6.07) is 16.2. The van der Waals surface area contributed by atoms with Crippen LogP contribution in [-0.2, 0) is 0 Å². The maximum absolute atomic E-state index is 5.52. The Balaban J connectivity index is 2.47. The fourth-order valence-electron chi connectivity index (χ4n) is 2.85. The zero-order valence-electron chi connectivity index (χ0n) is 13.6. The Morgan fingerprint density at radius 1 is 0.682 bits per heavy atom. The van der Waals surface area contributed by atoms with Crippen molar-refractivity contribution in [1.29, 1.82) is 0 Å². The predicted molar refractivity (Wildman–Crippen MR) is 89.6 cm³/mol. The summed E-state index contributed by atoms with van der Waals surface area (Å²) in [7, 11) is 7.31. The third-order valence-electron chi connectivity index (χ3n) is 3.90. The van der Waals surface area contributed by atoms with Crippen LogP contribution < -0.4 is 20.1 Å². The first-order valence-corrected chi connectivity index (χ1v) is 7.37. The number of nitrogens with one attached hydrogen (secondary N) is 2. The number of likely N-dealkylation sites (N-methyl/N-ethyl adjacent to an activating group) is 2. The van der Waals surface area contributed by atoms with Gasteiger partial charge in [-0.15, -0.1) is 0 Å². The predicted octanol–water partition coefficient (Wildman–Crippen LogP) is 2.93. The van der Waals surface area contributed by atoms with Gasteiger partial charge in [0, 0.05) is 11.1 Å². The van der Waals surface area contributed by atoms with Gasteiger partial charge in [0.2, 0.25) is 0 Å². The third kappa shape index (κ3) is 3.24. The summed E-state index contributed by atoms with van der Waals surface area (Å²) in [5, 5.41) is 6.79. The monoisotopic (exact) mass is 300 g/mol. The van der Waals surface area contributed by atoms with E-state index in [1.807, 2.05) is 50.5 Å². The first-order chi connectivity index (χ1) is 10.8. The second-order valence-electron chi connectivity index (χ2n) is 5.02. The van der Waals surface area contributed by atoms with E-state index in [1.165, 1.54) is 0 Å². The largest absolute Gasteiger partial charge is 0.496 e. The van der Waals surface area contributed by atoms with Crippen molar-refractivity contribution in [3.05, 3.63) is 59.7 Å². The van der Waals surface area contributed by atoms with E-state index in [9.17, 15) is 0 Å². The van der Waals surface area contributed by atoms with Gasteiger partial charge < -0.3 is 20.1 Å². The number of rotatable bonds is 7. The zero-order valence-corrected chi connectivity index (χ0v) is 13.6. The molecule has 0 fully saturated rings. The molecule has 0 aliphatic carbocycles. The van der Waals surface area contributed by atoms with Crippen LogP contribution in [0.1, 0.15) is 23.2 Å². The summed E-state index contributed by atoms with van der Waals surface area (Å²) in [5.41, 5.74) is 2.22. The fraction of sp³-hybridized carbons (Fsp3) is 0.333. The lowest BCUT2D eigenvalue weighted by Crippen LogP contribution is -2.32. The molecule has 2 rings (SSSR count). The molecule has 4 nitrogen and oxygen atoms in total. The average molecular weight is 300 g/mol. The topological polar surface area (TPSA) is 42.5 Å². The Morgan fingerprint density at radius 2 is 1.05 bits per heavy atom. The first-order valence-electron chi connectivity index (χ1n) is 7.37. The first kappa shape index (κ1) is 16.3. The maximum Gasteiger partial charge on any atom is 0.123 e. The summed E-state index contributed by atoms with van der Waals surface area (Å²) in [5.74, 6) is 1.74. The van der Waals surface area contributed by atoms with E-state index in [0.29, 0.717) is 0 Å². The van der Waals surface area contributed by atoms with E-state index in [1.54, 1.807) is 14.2 Å². The Kier molecular flexibility index (Phi) is 5.81. The molecule has 0 saturated heterocycles. The third-order valence-corrected chi connectivity index (χ3v) is 3.90. The summed E-state index contributed by atoms with van der Waals surface area (Å²) in [6.45, 7) is 0. The smallest absolute Gasteiger partial charge is 0.123 e. The van der Waals surface area contributed by atoms with Gasteiger partial charge in [-0.2, -0.15) is 0 Å². The highest BCUT2D eigenvalue weighted by molar-refractivity contribution is 5.42. The molecular formula is C18H24N2O2. The number of hydrogen-bond donors (Lipinski definition) is 2. The molecule has 0 heterocycles. The minimum atomic E-state index is 0.0532. The summed E-state index contributed by atoms with van der Waals surface area (Å²) < 4.78 is 11.0. The van der Waals surface area contributed by atoms with Gasteiger partial charge in [0.25, 0.3) is 0 Å². The average Bonchev–Trinajstić information content (AvgIpc) is 2.59. The van der Waals surface area contributed by atoms with E-state index in [2.05, 4.69) is 22.8 Å². The van der Waals surface area contributed by atoms with Gasteiger partial charge in [-0.25, -0.2) is 0 Å². The summed E-state index contributed by atoms with van der Waals surface area (Å²) in [4.78, 5) is 0. The lowest BCUT2D eigenvalue weighted by atomic mass is 9.92. The van der Waals surface area contributed by atoms with Crippen molar-refractivity contribution in [2.45, 2.75) is 12.1 Å². The standard InChI is InChI=1S/C18H24N2O2/c1-19-17(13-9-5-7-11-15(13)21-3)18(20-2)14-10-6-8-12-16(14)22-4/h5-12,17-20H,1-4H3. The molecule has 118 valence electrons. The Bertz CT molecular complexity index is 548. The number of benzene rings is 2. The molecule has 2 aromatic rings. The van der Waals surface area contributed by atoms with Crippen molar-refractivity contribution >= 4 is 0 Å². The van der Waals surface area contributed by atoms with Gasteiger partial charge in [-0.1, -0.05) is 36.4 Å². The van der Waals surface area contributed by atoms with Gasteiger partial charge >= 0.3 is 0 Å². The number of methoxy groups -OCH3 is 2. The molecule has 2 aromatic carbocycles. The lowest BCUT2D eigenvalue weighted by Gasteiger charge is -2.29. The van der Waals surface area contributed by atoms with Crippen LogP contribution in [0, 0.1) is 0 Å². The molecule has 2 atom stereocenters. The molecule has 0 bridgehead atoms. The van der Waals surface area contributed by atoms with Crippen LogP contribution in [0.3, 0.4) is 0 Å². The van der Waals surface area contributed by atoms with Gasteiger partial charge in [0.05, 0.1) is 26.3 Å². The molecule has 0 amide bonds. The molecule has 0 spiro atoms. The van der Waals surface area contributed by atoms with Gasteiger partial charge in [-0.05, 0) is 26.2 Å². The van der Waals surface area contributed by atoms with Crippen LogP contribution in [0.5, 0.6) is 11.5 Å². The summed E-state index contributed by atoms with van der Waals surface area (Å²) in [6.07, 6.45) is 0. The van der Waals surface area contributed by atoms with Crippen LogP contribution >= 0.6 is 0 Å². The normalized spacial score (nSPS) is 13.5. The minimum Gasteiger partial charge on any atom is -0.496 e. The summed E-state index contributed by atoms with van der Waals surface area (Å²) >= 11 is 0. The van der Waals surface area contributed by atoms with E-state index in [4.69, 9.17) is 9.47 Å². The fourth-order valence-corrected chi connectivity index (χ4v) is 2.85. The Labute approximate surface area is 132 Å². The van der Waals surface area contributed by atoms with Gasteiger partial charge in [-0.3, -0.25) is 0 Å². The Hall–Kier alpha value is -2.04. The molecule has 0 aliphatic rings. The zero-order chi connectivity index (χ0) is 15.9. The van der Waals surface area contributed by atoms with Crippen molar-refractivity contribution < 1.29 is 9.47 Å². The second kappa shape index (κ2) is 7.82. The van der Waals surface area contributed by atoms with Crippen molar-refractivity contribution in [3.63, 3.8) is 0 Å². The highest BCUT2D eigenvalue weighted by atomic mass is 16.5. The van der Waals surface area contributed by atoms with E-state index >= 15 is 0 Å². The molecular weight excluding hydrogens is 276 g/mol. The van der Waals surface area contributed by atoms with Crippen LogP contribution in [-0.4, -0.2) is 28.3 Å². The number of para-hydroxylation sites is 2. The van der Waals surface area contributed by atoms with Crippen molar-refractivity contribution in [2.24, 2.45) is 0 Å². The van der Waals surface area contributed by atoms with Crippen LogP contribution in [0.2, 0.25) is 0 Å². The quantitative estimate of drug-likeness (QED) is 0.825. The van der Waals surface area contributed by atoms with Crippen molar-refractivity contribution in [1.82, 2.24) is 10.6 Å². The van der Waals surface area contributed by atoms with Gasteiger partial charge in [0.15, 0.2) is 0 Å². The SMILES string of the molecule is CNC(c1ccccc1OC)C(NC)c1ccccc1OC. The number of ether oxygens (including phenoxy) is 2. The highest BCUT2D eigenvalue weighted by Gasteiger charge is 2.26. The number of hydrogen-bond acceptors (Lipinski definition) is 4. The maximum atomic E-state index is 5.52. The molecule has 0 aliphatic heterocycles. The molecule has 0 aromatic heterocycles. The molecule has 0 radical (unpaired) electrons. The van der Waals surface area contributed by atoms with Gasteiger partial charge in [0.1, 0.15) is 11.5 Å².